The van der Waals surface area contributed by atoms with E-state index in [-0.39, 0.29) is 12.1 Å². The number of hydrogen-bond donors (Lipinski definition) is 0. The zero-order valence-electron chi connectivity index (χ0n) is 15.5. The fourth-order valence-electron chi connectivity index (χ4n) is 3.04. The Morgan fingerprint density at radius 2 is 2.00 bits per heavy atom. The molecule has 0 aliphatic rings. The minimum atomic E-state index is -0.229. The van der Waals surface area contributed by atoms with Gasteiger partial charge in [-0.25, -0.2) is 9.97 Å². The standard InChI is InChI=1S/C20H15Cl2N3O3S/c1-27-16-5-3-4-13(18(16)28-2)19-24-12(9-29-19)8-25-10-23-17-14(20(25)26)6-11(21)7-15(17)22/h3-7,9-10H,8H2,1-2H3. The third kappa shape index (κ3) is 3.69. The van der Waals surface area contributed by atoms with Gasteiger partial charge in [0.25, 0.3) is 5.56 Å². The van der Waals surface area contributed by atoms with E-state index in [1.54, 1.807) is 26.4 Å². The number of fused-ring (bicyclic) bond motifs is 1. The van der Waals surface area contributed by atoms with Crippen molar-refractivity contribution in [3.05, 3.63) is 68.1 Å². The lowest BCUT2D eigenvalue weighted by atomic mass is 10.2. The molecule has 0 spiro atoms. The van der Waals surface area contributed by atoms with Crippen LogP contribution in [-0.2, 0) is 6.54 Å². The summed E-state index contributed by atoms with van der Waals surface area (Å²) in [6.45, 7) is 0.273. The minimum Gasteiger partial charge on any atom is -0.493 e. The third-order valence-corrected chi connectivity index (χ3v) is 5.79. The highest BCUT2D eigenvalue weighted by atomic mass is 35.5. The quantitative estimate of drug-likeness (QED) is 0.435. The van der Waals surface area contributed by atoms with Crippen LogP contribution in [0.4, 0.5) is 0 Å². The lowest BCUT2D eigenvalue weighted by molar-refractivity contribution is 0.356. The molecular weight excluding hydrogens is 433 g/mol. The summed E-state index contributed by atoms with van der Waals surface area (Å²) in [5.74, 6) is 1.25. The number of thiazole rings is 1. The van der Waals surface area contributed by atoms with E-state index in [1.807, 2.05) is 23.6 Å². The number of ether oxygens (including phenoxy) is 2. The summed E-state index contributed by atoms with van der Waals surface area (Å²) >= 11 is 13.6. The van der Waals surface area contributed by atoms with Crippen LogP contribution in [0.1, 0.15) is 5.69 Å². The number of para-hydroxylation sites is 1. The number of rotatable bonds is 5. The molecule has 0 saturated heterocycles. The van der Waals surface area contributed by atoms with E-state index in [2.05, 4.69) is 9.97 Å². The van der Waals surface area contributed by atoms with Crippen LogP contribution < -0.4 is 15.0 Å². The molecule has 0 saturated carbocycles. The number of methoxy groups -OCH3 is 2. The van der Waals surface area contributed by atoms with Gasteiger partial charge in [-0.2, -0.15) is 0 Å². The van der Waals surface area contributed by atoms with Gasteiger partial charge >= 0.3 is 0 Å². The van der Waals surface area contributed by atoms with Crippen molar-refractivity contribution in [2.24, 2.45) is 0 Å². The number of benzene rings is 2. The molecule has 0 atom stereocenters. The average molecular weight is 448 g/mol. The second kappa shape index (κ2) is 8.02. The summed E-state index contributed by atoms with van der Waals surface area (Å²) in [7, 11) is 3.18. The number of aromatic nitrogens is 3. The van der Waals surface area contributed by atoms with Crippen LogP contribution in [0.15, 0.2) is 46.8 Å². The Morgan fingerprint density at radius 3 is 2.76 bits per heavy atom. The Labute approximate surface area is 180 Å². The molecule has 4 rings (SSSR count). The highest BCUT2D eigenvalue weighted by Crippen LogP contribution is 2.39. The number of halogens is 2. The van der Waals surface area contributed by atoms with Crippen molar-refractivity contribution in [2.45, 2.75) is 6.54 Å². The zero-order valence-corrected chi connectivity index (χ0v) is 17.8. The van der Waals surface area contributed by atoms with Crippen molar-refractivity contribution in [1.29, 1.82) is 0 Å². The van der Waals surface area contributed by atoms with E-state index in [0.29, 0.717) is 32.4 Å². The summed E-state index contributed by atoms with van der Waals surface area (Å²) in [5, 5.41) is 3.77. The molecule has 29 heavy (non-hydrogen) atoms. The van der Waals surface area contributed by atoms with Crippen LogP contribution in [0.2, 0.25) is 10.0 Å². The van der Waals surface area contributed by atoms with Crippen LogP contribution >= 0.6 is 34.5 Å². The summed E-state index contributed by atoms with van der Waals surface area (Å²) in [6, 6.07) is 8.76. The summed E-state index contributed by atoms with van der Waals surface area (Å²) in [6.07, 6.45) is 1.47. The molecule has 2 aromatic carbocycles. The van der Waals surface area contributed by atoms with Crippen LogP contribution in [0.25, 0.3) is 21.5 Å². The summed E-state index contributed by atoms with van der Waals surface area (Å²) < 4.78 is 12.3. The van der Waals surface area contributed by atoms with Crippen molar-refractivity contribution in [3.8, 4) is 22.1 Å². The predicted octanol–water partition coefficient (Wildman–Crippen LogP) is 4.89. The Bertz CT molecular complexity index is 1270. The first-order valence-corrected chi connectivity index (χ1v) is 10.2. The van der Waals surface area contributed by atoms with Gasteiger partial charge in [0.2, 0.25) is 0 Å². The maximum absolute atomic E-state index is 12.8. The van der Waals surface area contributed by atoms with Gasteiger partial charge in [0.15, 0.2) is 11.5 Å². The van der Waals surface area contributed by atoms with Crippen LogP contribution in [0.3, 0.4) is 0 Å². The van der Waals surface area contributed by atoms with Gasteiger partial charge in [-0.05, 0) is 24.3 Å². The fourth-order valence-corrected chi connectivity index (χ4v) is 4.42. The van der Waals surface area contributed by atoms with Gasteiger partial charge in [0, 0.05) is 10.4 Å². The SMILES string of the molecule is COc1cccc(-c2nc(Cn3cnc4c(Cl)cc(Cl)cc4c3=O)cs2)c1OC. The van der Waals surface area contributed by atoms with E-state index in [4.69, 9.17) is 32.7 Å². The first-order chi connectivity index (χ1) is 14.0. The monoisotopic (exact) mass is 447 g/mol. The second-order valence-electron chi connectivity index (χ2n) is 6.15. The molecule has 4 aromatic rings. The first kappa shape index (κ1) is 19.7. The van der Waals surface area contributed by atoms with E-state index < -0.39 is 0 Å². The molecule has 0 aliphatic carbocycles. The molecule has 0 radical (unpaired) electrons. The average Bonchev–Trinajstić information content (AvgIpc) is 3.18. The molecule has 0 fully saturated rings. The predicted molar refractivity (Wildman–Crippen MR) is 116 cm³/mol. The fraction of sp³-hybridized carbons (Fsp3) is 0.150. The molecule has 9 heteroatoms. The number of hydrogen-bond acceptors (Lipinski definition) is 6. The number of nitrogens with zero attached hydrogens (tertiary/aromatic N) is 3. The van der Waals surface area contributed by atoms with Crippen molar-refractivity contribution < 1.29 is 9.47 Å². The molecule has 6 nitrogen and oxygen atoms in total. The first-order valence-electron chi connectivity index (χ1n) is 8.51. The molecule has 0 amide bonds. The van der Waals surface area contributed by atoms with Gasteiger partial charge in [0.05, 0.1) is 54.3 Å². The molecule has 148 valence electrons. The van der Waals surface area contributed by atoms with Crippen LogP contribution in [0, 0.1) is 0 Å². The van der Waals surface area contributed by atoms with Gasteiger partial charge in [-0.15, -0.1) is 11.3 Å². The molecule has 0 N–H and O–H groups in total. The molecular formula is C20H15Cl2N3O3S. The second-order valence-corrected chi connectivity index (χ2v) is 7.85. The van der Waals surface area contributed by atoms with Crippen molar-refractivity contribution in [2.75, 3.05) is 14.2 Å². The Morgan fingerprint density at radius 1 is 1.17 bits per heavy atom. The van der Waals surface area contributed by atoms with Crippen molar-refractivity contribution in [3.63, 3.8) is 0 Å². The van der Waals surface area contributed by atoms with Gasteiger partial charge in [-0.1, -0.05) is 29.3 Å². The maximum Gasteiger partial charge on any atom is 0.261 e. The van der Waals surface area contributed by atoms with E-state index >= 15 is 0 Å². The third-order valence-electron chi connectivity index (χ3n) is 4.36. The zero-order chi connectivity index (χ0) is 20.5. The highest BCUT2D eigenvalue weighted by molar-refractivity contribution is 7.13. The van der Waals surface area contributed by atoms with Gasteiger partial charge in [-0.3, -0.25) is 9.36 Å². The molecule has 0 unspecified atom stereocenters. The van der Waals surface area contributed by atoms with Gasteiger partial charge < -0.3 is 9.47 Å². The largest absolute Gasteiger partial charge is 0.493 e. The molecule has 2 heterocycles. The Hall–Kier alpha value is -2.61. The summed E-state index contributed by atoms with van der Waals surface area (Å²) in [5.41, 5.74) is 1.75. The van der Waals surface area contributed by atoms with E-state index in [0.717, 1.165) is 16.3 Å². The Kier molecular flexibility index (Phi) is 5.45. The molecule has 2 aromatic heterocycles. The smallest absolute Gasteiger partial charge is 0.261 e. The highest BCUT2D eigenvalue weighted by Gasteiger charge is 2.15. The lowest BCUT2D eigenvalue weighted by Gasteiger charge is -2.10. The minimum absolute atomic E-state index is 0.229. The maximum atomic E-state index is 12.8. The van der Waals surface area contributed by atoms with Crippen molar-refractivity contribution >= 4 is 45.4 Å². The Balaban J connectivity index is 1.71. The topological polar surface area (TPSA) is 66.2 Å². The van der Waals surface area contributed by atoms with Crippen LogP contribution in [0.5, 0.6) is 11.5 Å². The molecule has 0 aliphatic heterocycles. The van der Waals surface area contributed by atoms with Gasteiger partial charge in [0.1, 0.15) is 5.01 Å². The normalized spacial score (nSPS) is 11.0. The summed E-state index contributed by atoms with van der Waals surface area (Å²) in [4.78, 5) is 21.8. The van der Waals surface area contributed by atoms with Crippen molar-refractivity contribution in [1.82, 2.24) is 14.5 Å². The van der Waals surface area contributed by atoms with E-state index in [9.17, 15) is 4.79 Å². The molecule has 0 bridgehead atoms. The lowest BCUT2D eigenvalue weighted by Crippen LogP contribution is -2.21. The van der Waals surface area contributed by atoms with Crippen LogP contribution in [-0.4, -0.2) is 28.8 Å². The van der Waals surface area contributed by atoms with E-state index in [1.165, 1.54) is 22.2 Å².